The molecule has 0 amide bonds. The van der Waals surface area contributed by atoms with Crippen molar-refractivity contribution >= 4 is 5.97 Å². The molecule has 1 aromatic carbocycles. The van der Waals surface area contributed by atoms with Crippen LogP contribution >= 0.6 is 0 Å². The third-order valence-electron chi connectivity index (χ3n) is 3.39. The Balaban J connectivity index is 1.97. The maximum atomic E-state index is 11.6. The summed E-state index contributed by atoms with van der Waals surface area (Å²) in [5.41, 5.74) is 2.15. The molecule has 92 valence electrons. The van der Waals surface area contributed by atoms with Crippen LogP contribution in [-0.4, -0.2) is 19.6 Å². The number of benzene rings is 1. The minimum absolute atomic E-state index is 0.264. The lowest BCUT2D eigenvalue weighted by molar-refractivity contribution is 0.0599. The van der Waals surface area contributed by atoms with Crippen LogP contribution in [0.3, 0.4) is 0 Å². The van der Waals surface area contributed by atoms with E-state index in [-0.39, 0.29) is 5.97 Å². The fraction of sp³-hybridized carbons (Fsp3) is 0.500. The summed E-state index contributed by atoms with van der Waals surface area (Å²) in [5, 5.41) is 3.42. The van der Waals surface area contributed by atoms with Crippen molar-refractivity contribution in [3.63, 3.8) is 0 Å². The molecule has 0 radical (unpaired) electrons. The lowest BCUT2D eigenvalue weighted by Crippen LogP contribution is -2.22. The van der Waals surface area contributed by atoms with Gasteiger partial charge in [-0.3, -0.25) is 0 Å². The van der Waals surface area contributed by atoms with Crippen molar-refractivity contribution in [2.24, 2.45) is 5.41 Å². The number of hydrogen-bond acceptors (Lipinski definition) is 3. The van der Waals surface area contributed by atoms with Crippen molar-refractivity contribution < 1.29 is 9.53 Å². The molecule has 0 saturated heterocycles. The van der Waals surface area contributed by atoms with E-state index in [0.717, 1.165) is 18.7 Å². The molecule has 0 bridgehead atoms. The van der Waals surface area contributed by atoms with E-state index in [9.17, 15) is 4.79 Å². The highest BCUT2D eigenvalue weighted by Crippen LogP contribution is 2.44. The summed E-state index contributed by atoms with van der Waals surface area (Å²) in [5.74, 6) is -0.264. The molecular weight excluding hydrogens is 214 g/mol. The van der Waals surface area contributed by atoms with Crippen LogP contribution in [0.4, 0.5) is 0 Å². The fourth-order valence-electron chi connectivity index (χ4n) is 1.87. The molecule has 2 rings (SSSR count). The Morgan fingerprint density at radius 2 is 2.12 bits per heavy atom. The number of carbonyl (C=O) groups is 1. The molecule has 0 unspecified atom stereocenters. The van der Waals surface area contributed by atoms with Crippen molar-refractivity contribution in [3.8, 4) is 0 Å². The summed E-state index contributed by atoms with van der Waals surface area (Å²) in [6, 6.07) is 7.58. The Labute approximate surface area is 102 Å². The smallest absolute Gasteiger partial charge is 0.338 e. The van der Waals surface area contributed by atoms with Crippen molar-refractivity contribution in [1.29, 1.82) is 0 Å². The predicted molar refractivity (Wildman–Crippen MR) is 66.8 cm³/mol. The van der Waals surface area contributed by atoms with E-state index < -0.39 is 0 Å². The first-order valence-electron chi connectivity index (χ1n) is 6.02. The van der Waals surface area contributed by atoms with Crippen LogP contribution < -0.4 is 5.32 Å². The average Bonchev–Trinajstić information content (AvgIpc) is 3.07. The molecular formula is C14H19NO2. The van der Waals surface area contributed by atoms with Crippen molar-refractivity contribution in [2.75, 3.05) is 13.7 Å². The summed E-state index contributed by atoms with van der Waals surface area (Å²) in [6.45, 7) is 4.02. The number of esters is 1. The predicted octanol–water partition coefficient (Wildman–Crippen LogP) is 2.36. The Morgan fingerprint density at radius 1 is 1.41 bits per heavy atom. The van der Waals surface area contributed by atoms with E-state index in [2.05, 4.69) is 12.2 Å². The number of carbonyl (C=O) groups excluding carboxylic acids is 1. The third kappa shape index (κ3) is 3.07. The molecule has 1 aliphatic carbocycles. The summed E-state index contributed by atoms with van der Waals surface area (Å²) in [4.78, 5) is 11.6. The highest BCUT2D eigenvalue weighted by Gasteiger charge is 2.36. The average molecular weight is 233 g/mol. The SMILES string of the molecule is COC(=O)c1ccccc1CNCC1(C)CC1. The van der Waals surface area contributed by atoms with Crippen molar-refractivity contribution in [2.45, 2.75) is 26.3 Å². The number of hydrogen-bond donors (Lipinski definition) is 1. The van der Waals surface area contributed by atoms with E-state index in [4.69, 9.17) is 4.74 Å². The van der Waals surface area contributed by atoms with E-state index in [1.165, 1.54) is 20.0 Å². The first kappa shape index (κ1) is 12.1. The summed E-state index contributed by atoms with van der Waals surface area (Å²) < 4.78 is 4.77. The second-order valence-electron chi connectivity index (χ2n) is 5.06. The number of ether oxygens (including phenoxy) is 1. The monoisotopic (exact) mass is 233 g/mol. The Bertz CT molecular complexity index is 410. The largest absolute Gasteiger partial charge is 0.465 e. The normalized spacial score (nSPS) is 16.6. The van der Waals surface area contributed by atoms with Crippen LogP contribution in [0, 0.1) is 5.41 Å². The second kappa shape index (κ2) is 4.88. The van der Waals surface area contributed by atoms with Crippen LogP contribution in [0.15, 0.2) is 24.3 Å². The zero-order valence-corrected chi connectivity index (χ0v) is 10.5. The summed E-state index contributed by atoms with van der Waals surface area (Å²) in [7, 11) is 1.41. The maximum Gasteiger partial charge on any atom is 0.338 e. The first-order chi connectivity index (χ1) is 8.14. The standard InChI is InChI=1S/C14H19NO2/c1-14(7-8-14)10-15-9-11-5-3-4-6-12(11)13(16)17-2/h3-6,15H,7-10H2,1-2H3. The number of nitrogens with one attached hydrogen (secondary N) is 1. The molecule has 3 nitrogen and oxygen atoms in total. The fourth-order valence-corrected chi connectivity index (χ4v) is 1.87. The van der Waals surface area contributed by atoms with Gasteiger partial charge >= 0.3 is 5.97 Å². The van der Waals surface area contributed by atoms with Crippen LogP contribution in [0.25, 0.3) is 0 Å². The van der Waals surface area contributed by atoms with Crippen LogP contribution in [-0.2, 0) is 11.3 Å². The molecule has 3 heteroatoms. The van der Waals surface area contributed by atoms with Gasteiger partial charge in [0.25, 0.3) is 0 Å². The molecule has 1 aliphatic rings. The Kier molecular flexibility index (Phi) is 3.48. The van der Waals surface area contributed by atoms with Gasteiger partial charge in [0.1, 0.15) is 0 Å². The summed E-state index contributed by atoms with van der Waals surface area (Å²) >= 11 is 0. The van der Waals surface area contributed by atoms with Crippen LogP contribution in [0.2, 0.25) is 0 Å². The molecule has 1 saturated carbocycles. The van der Waals surface area contributed by atoms with Gasteiger partial charge < -0.3 is 10.1 Å². The summed E-state index contributed by atoms with van der Waals surface area (Å²) in [6.07, 6.45) is 2.61. The zero-order valence-electron chi connectivity index (χ0n) is 10.5. The van der Waals surface area contributed by atoms with E-state index >= 15 is 0 Å². The minimum Gasteiger partial charge on any atom is -0.465 e. The van der Waals surface area contributed by atoms with Gasteiger partial charge in [0.2, 0.25) is 0 Å². The lowest BCUT2D eigenvalue weighted by Gasteiger charge is -2.12. The molecule has 0 aliphatic heterocycles. The van der Waals surface area contributed by atoms with Crippen molar-refractivity contribution in [1.82, 2.24) is 5.32 Å². The van der Waals surface area contributed by atoms with Gasteiger partial charge in [0.05, 0.1) is 12.7 Å². The second-order valence-corrected chi connectivity index (χ2v) is 5.06. The molecule has 1 N–H and O–H groups in total. The topological polar surface area (TPSA) is 38.3 Å². The first-order valence-corrected chi connectivity index (χ1v) is 6.02. The Hall–Kier alpha value is -1.35. The number of rotatable bonds is 5. The molecule has 1 aromatic rings. The van der Waals surface area contributed by atoms with Gasteiger partial charge in [0, 0.05) is 13.1 Å². The zero-order chi connectivity index (χ0) is 12.3. The van der Waals surface area contributed by atoms with Crippen molar-refractivity contribution in [3.05, 3.63) is 35.4 Å². The van der Waals surface area contributed by atoms with E-state index in [0.29, 0.717) is 11.0 Å². The highest BCUT2D eigenvalue weighted by atomic mass is 16.5. The lowest BCUT2D eigenvalue weighted by atomic mass is 10.1. The third-order valence-corrected chi connectivity index (χ3v) is 3.39. The van der Waals surface area contributed by atoms with Crippen LogP contribution in [0.1, 0.15) is 35.7 Å². The van der Waals surface area contributed by atoms with Gasteiger partial charge in [-0.05, 0) is 29.9 Å². The van der Waals surface area contributed by atoms with Crippen LogP contribution in [0.5, 0.6) is 0 Å². The molecule has 17 heavy (non-hydrogen) atoms. The quantitative estimate of drug-likeness (QED) is 0.793. The maximum absolute atomic E-state index is 11.6. The van der Waals surface area contributed by atoms with Gasteiger partial charge in [-0.1, -0.05) is 25.1 Å². The van der Waals surface area contributed by atoms with E-state index in [1.54, 1.807) is 0 Å². The molecule has 0 aromatic heterocycles. The van der Waals surface area contributed by atoms with Gasteiger partial charge in [-0.2, -0.15) is 0 Å². The van der Waals surface area contributed by atoms with Gasteiger partial charge in [-0.15, -0.1) is 0 Å². The Morgan fingerprint density at radius 3 is 2.76 bits per heavy atom. The molecule has 1 fully saturated rings. The van der Waals surface area contributed by atoms with Gasteiger partial charge in [0.15, 0.2) is 0 Å². The molecule has 0 atom stereocenters. The number of methoxy groups -OCH3 is 1. The molecule has 0 heterocycles. The molecule has 0 spiro atoms. The highest BCUT2D eigenvalue weighted by molar-refractivity contribution is 5.90. The van der Waals surface area contributed by atoms with E-state index in [1.807, 2.05) is 24.3 Å². The van der Waals surface area contributed by atoms with Gasteiger partial charge in [-0.25, -0.2) is 4.79 Å². The minimum atomic E-state index is -0.264.